The quantitative estimate of drug-likeness (QED) is 0.539. The van der Waals surface area contributed by atoms with Crippen molar-refractivity contribution in [1.82, 2.24) is 4.98 Å². The fraction of sp³-hybridized carbons (Fsp3) is 0.0476. The van der Waals surface area contributed by atoms with Gasteiger partial charge in [-0.15, -0.1) is 0 Å². The van der Waals surface area contributed by atoms with Crippen LogP contribution in [0.5, 0.6) is 0 Å². The lowest BCUT2D eigenvalue weighted by Gasteiger charge is -2.09. The maximum absolute atomic E-state index is 13.3. The number of halogens is 1. The van der Waals surface area contributed by atoms with Gasteiger partial charge in [-0.05, 0) is 47.9 Å². The summed E-state index contributed by atoms with van der Waals surface area (Å²) in [7, 11) is 0. The molecule has 0 spiro atoms. The van der Waals surface area contributed by atoms with E-state index in [4.69, 9.17) is 5.41 Å². The largest absolute Gasteiger partial charge is 0.300 e. The Bertz CT molecular complexity index is 988. The van der Waals surface area contributed by atoms with Crippen molar-refractivity contribution < 1.29 is 4.39 Å². The smallest absolute Gasteiger partial charge is 0.123 e. The molecular weight excluding hydrogens is 299 g/mol. The Labute approximate surface area is 139 Å². The molecule has 2 nitrogen and oxygen atoms in total. The van der Waals surface area contributed by atoms with Crippen molar-refractivity contribution in [3.8, 4) is 0 Å². The number of hydrogen-bond acceptors (Lipinski definition) is 2. The van der Waals surface area contributed by atoms with Crippen LogP contribution in [0.3, 0.4) is 0 Å². The average Bonchev–Trinajstić information content (AvgIpc) is 3.28. The molecule has 0 radical (unpaired) electrons. The number of aromatic nitrogens is 1. The zero-order valence-electron chi connectivity index (χ0n) is 13.2. The van der Waals surface area contributed by atoms with Gasteiger partial charge in [0, 0.05) is 28.6 Å². The first-order valence-corrected chi connectivity index (χ1v) is 7.76. The van der Waals surface area contributed by atoms with Gasteiger partial charge in [0.1, 0.15) is 5.82 Å². The van der Waals surface area contributed by atoms with E-state index in [2.05, 4.69) is 4.98 Å². The summed E-state index contributed by atoms with van der Waals surface area (Å²) in [5.74, 6) is -0.226. The minimum Gasteiger partial charge on any atom is -0.300 e. The Morgan fingerprint density at radius 3 is 2.58 bits per heavy atom. The van der Waals surface area contributed by atoms with Crippen molar-refractivity contribution in [3.63, 3.8) is 0 Å². The number of pyridine rings is 1. The predicted octanol–water partition coefficient (Wildman–Crippen LogP) is 4.85. The molecule has 3 aromatic rings. The third-order valence-electron chi connectivity index (χ3n) is 4.20. The van der Waals surface area contributed by atoms with E-state index in [-0.39, 0.29) is 5.82 Å². The first kappa shape index (κ1) is 14.5. The highest BCUT2D eigenvalue weighted by atomic mass is 19.1. The first-order chi connectivity index (χ1) is 11.6. The van der Waals surface area contributed by atoms with Gasteiger partial charge in [0.15, 0.2) is 0 Å². The molecule has 0 unspecified atom stereocenters. The Kier molecular flexibility index (Phi) is 3.35. The Morgan fingerprint density at radius 1 is 1.04 bits per heavy atom. The lowest BCUT2D eigenvalue weighted by atomic mass is 9.98. The lowest BCUT2D eigenvalue weighted by molar-refractivity contribution is 0.628. The molecule has 0 saturated carbocycles. The Balaban J connectivity index is 1.77. The second kappa shape index (κ2) is 5.53. The average molecular weight is 314 g/mol. The van der Waals surface area contributed by atoms with Crippen molar-refractivity contribution in [3.05, 3.63) is 100 Å². The van der Waals surface area contributed by atoms with Gasteiger partial charge in [0.05, 0.1) is 5.71 Å². The van der Waals surface area contributed by atoms with E-state index in [0.29, 0.717) is 5.71 Å². The number of rotatable bonds is 3. The van der Waals surface area contributed by atoms with Crippen LogP contribution in [0.2, 0.25) is 0 Å². The molecule has 0 atom stereocenters. The van der Waals surface area contributed by atoms with E-state index < -0.39 is 0 Å². The van der Waals surface area contributed by atoms with Crippen molar-refractivity contribution in [2.75, 3.05) is 0 Å². The number of hydrogen-bond donors (Lipinski definition) is 1. The topological polar surface area (TPSA) is 36.7 Å². The van der Waals surface area contributed by atoms with Gasteiger partial charge >= 0.3 is 0 Å². The van der Waals surface area contributed by atoms with E-state index in [1.165, 1.54) is 6.07 Å². The maximum Gasteiger partial charge on any atom is 0.123 e. The summed E-state index contributed by atoms with van der Waals surface area (Å²) in [6.07, 6.45) is 3.77. The molecule has 0 bridgehead atoms. The summed E-state index contributed by atoms with van der Waals surface area (Å²) in [6, 6.07) is 16.4. The molecule has 0 fully saturated rings. The molecule has 1 aliphatic rings. The summed E-state index contributed by atoms with van der Waals surface area (Å²) in [4.78, 5) is 4.36. The van der Waals surface area contributed by atoms with Crippen molar-refractivity contribution in [1.29, 1.82) is 5.41 Å². The predicted molar refractivity (Wildman–Crippen MR) is 94.7 cm³/mol. The van der Waals surface area contributed by atoms with Crippen molar-refractivity contribution in [2.45, 2.75) is 6.92 Å². The summed E-state index contributed by atoms with van der Waals surface area (Å²) < 4.78 is 13.3. The SMILES string of the molecule is Cc1cc(C(=N)c2ccccc2)c(/C=C2\c3ccc(F)cc32)cn1. The molecular formula is C21H15FN2. The molecule has 2 aromatic carbocycles. The summed E-state index contributed by atoms with van der Waals surface area (Å²) in [5, 5.41) is 8.55. The fourth-order valence-electron chi connectivity index (χ4n) is 2.89. The van der Waals surface area contributed by atoms with Gasteiger partial charge in [0.2, 0.25) is 0 Å². The second-order valence-corrected chi connectivity index (χ2v) is 5.90. The molecule has 0 amide bonds. The van der Waals surface area contributed by atoms with E-state index in [0.717, 1.165) is 39.1 Å². The number of aryl methyl sites for hydroxylation is 1. The Hall–Kier alpha value is -3.07. The van der Waals surface area contributed by atoms with Gasteiger partial charge in [-0.2, -0.15) is 0 Å². The molecule has 4 rings (SSSR count). The maximum atomic E-state index is 13.3. The van der Waals surface area contributed by atoms with E-state index in [9.17, 15) is 4.39 Å². The van der Waals surface area contributed by atoms with Gasteiger partial charge in [-0.25, -0.2) is 4.39 Å². The molecule has 1 aliphatic carbocycles. The minimum absolute atomic E-state index is 0.226. The third-order valence-corrected chi connectivity index (χ3v) is 4.20. The van der Waals surface area contributed by atoms with Crippen LogP contribution in [0, 0.1) is 18.2 Å². The molecule has 24 heavy (non-hydrogen) atoms. The molecule has 0 aliphatic heterocycles. The Morgan fingerprint density at radius 2 is 1.83 bits per heavy atom. The van der Waals surface area contributed by atoms with Crippen LogP contribution < -0.4 is 0 Å². The van der Waals surface area contributed by atoms with E-state index in [1.54, 1.807) is 18.3 Å². The van der Waals surface area contributed by atoms with Crippen molar-refractivity contribution >= 4 is 17.4 Å². The van der Waals surface area contributed by atoms with Gasteiger partial charge < -0.3 is 0 Å². The highest BCUT2D eigenvalue weighted by molar-refractivity contribution is 6.15. The molecule has 1 aromatic heterocycles. The molecule has 1 N–H and O–H groups in total. The number of fused-ring (bicyclic) bond motifs is 1. The van der Waals surface area contributed by atoms with Crippen LogP contribution in [-0.4, -0.2) is 10.7 Å². The molecule has 0 saturated heterocycles. The standard InChI is InChI=1S/C21H15FN2/c1-13-9-18(21(23)14-5-3-2-4-6-14)15(12-24-13)10-19-17-8-7-16(22)11-20(17)19/h2-12,23H,1H3/b19-10+,23-21?. The zero-order valence-corrected chi connectivity index (χ0v) is 13.2. The normalized spacial score (nSPS) is 13.7. The summed E-state index contributed by atoms with van der Waals surface area (Å²) in [6.45, 7) is 1.92. The number of nitrogens with zero attached hydrogens (tertiary/aromatic N) is 1. The van der Waals surface area contributed by atoms with Crippen LogP contribution in [0.1, 0.15) is 33.5 Å². The molecule has 1 heterocycles. The van der Waals surface area contributed by atoms with Gasteiger partial charge in [-0.3, -0.25) is 10.4 Å². The second-order valence-electron chi connectivity index (χ2n) is 5.90. The summed E-state index contributed by atoms with van der Waals surface area (Å²) >= 11 is 0. The van der Waals surface area contributed by atoms with Crippen molar-refractivity contribution in [2.24, 2.45) is 0 Å². The van der Waals surface area contributed by atoms with Crippen LogP contribution in [0.25, 0.3) is 11.6 Å². The first-order valence-electron chi connectivity index (χ1n) is 7.76. The minimum atomic E-state index is -0.226. The van der Waals surface area contributed by atoms with Crippen LogP contribution in [0.15, 0.2) is 60.8 Å². The van der Waals surface area contributed by atoms with E-state index in [1.807, 2.05) is 49.4 Å². The molecule has 3 heteroatoms. The van der Waals surface area contributed by atoms with E-state index >= 15 is 0 Å². The number of nitrogens with one attached hydrogen (secondary N) is 1. The fourth-order valence-corrected chi connectivity index (χ4v) is 2.89. The van der Waals surface area contributed by atoms with Crippen LogP contribution in [-0.2, 0) is 0 Å². The summed E-state index contributed by atoms with van der Waals surface area (Å²) in [5.41, 5.74) is 6.92. The number of benzene rings is 2. The highest BCUT2D eigenvalue weighted by Gasteiger charge is 2.25. The van der Waals surface area contributed by atoms with Crippen LogP contribution in [0.4, 0.5) is 4.39 Å². The lowest BCUT2D eigenvalue weighted by Crippen LogP contribution is -2.05. The van der Waals surface area contributed by atoms with Crippen LogP contribution >= 0.6 is 0 Å². The van der Waals surface area contributed by atoms with Gasteiger partial charge in [-0.1, -0.05) is 36.4 Å². The third kappa shape index (κ3) is 2.54. The monoisotopic (exact) mass is 314 g/mol. The highest BCUT2D eigenvalue weighted by Crippen LogP contribution is 2.44. The zero-order chi connectivity index (χ0) is 16.7. The van der Waals surface area contributed by atoms with Gasteiger partial charge in [0.25, 0.3) is 0 Å². The molecule has 116 valence electrons.